The Morgan fingerprint density at radius 1 is 1.46 bits per heavy atom. The maximum atomic E-state index is 13.1. The Balaban J connectivity index is 1.53. The second kappa shape index (κ2) is 6.86. The number of aromatic amines is 1. The van der Waals surface area contributed by atoms with Gasteiger partial charge in [-0.3, -0.25) is 4.79 Å². The molecule has 2 N–H and O–H groups in total. The maximum Gasteiger partial charge on any atom is 0.223 e. The molecule has 5 nitrogen and oxygen atoms in total. The fraction of sp³-hybridized carbons (Fsp3) is 0.600. The minimum absolute atomic E-state index is 0.0158. The van der Waals surface area contributed by atoms with Gasteiger partial charge >= 0.3 is 0 Å². The molecular weight excluding hydrogens is 350 g/mol. The predicted molar refractivity (Wildman–Crippen MR) is 102 cm³/mol. The van der Waals surface area contributed by atoms with Crippen molar-refractivity contribution in [3.63, 3.8) is 0 Å². The number of piperidine rings is 1. The van der Waals surface area contributed by atoms with Gasteiger partial charge in [-0.15, -0.1) is 0 Å². The van der Waals surface area contributed by atoms with Gasteiger partial charge in [0.25, 0.3) is 0 Å². The van der Waals surface area contributed by atoms with Crippen molar-refractivity contribution >= 4 is 28.5 Å². The van der Waals surface area contributed by atoms with Crippen molar-refractivity contribution in [2.75, 3.05) is 6.54 Å². The highest BCUT2D eigenvalue weighted by Crippen LogP contribution is 2.40. The van der Waals surface area contributed by atoms with E-state index in [1.54, 1.807) is 12.3 Å². The molecule has 2 aromatic heterocycles. The van der Waals surface area contributed by atoms with Gasteiger partial charge in [-0.1, -0.05) is 31.4 Å². The largest absolute Gasteiger partial charge is 0.388 e. The minimum Gasteiger partial charge on any atom is -0.388 e. The van der Waals surface area contributed by atoms with Gasteiger partial charge in [-0.2, -0.15) is 0 Å². The van der Waals surface area contributed by atoms with Gasteiger partial charge in [-0.25, -0.2) is 4.98 Å². The third-order valence-electron chi connectivity index (χ3n) is 6.23. The first-order valence-electron chi connectivity index (χ1n) is 9.63. The Morgan fingerprint density at radius 2 is 2.27 bits per heavy atom. The van der Waals surface area contributed by atoms with Gasteiger partial charge in [0.05, 0.1) is 16.7 Å². The number of likely N-dealkylation sites (tertiary alicyclic amines) is 1. The molecule has 3 atom stereocenters. The van der Waals surface area contributed by atoms with E-state index in [9.17, 15) is 9.90 Å². The number of carbonyl (C=O) groups is 1. The predicted octanol–water partition coefficient (Wildman–Crippen LogP) is 4.01. The summed E-state index contributed by atoms with van der Waals surface area (Å²) in [7, 11) is 0. The number of hydrogen-bond donors (Lipinski definition) is 2. The van der Waals surface area contributed by atoms with Crippen LogP contribution in [0.2, 0.25) is 5.02 Å². The molecule has 0 radical (unpaired) electrons. The number of aliphatic hydroxyl groups is 1. The average molecular weight is 376 g/mol. The van der Waals surface area contributed by atoms with Crippen molar-refractivity contribution in [2.24, 2.45) is 0 Å². The number of aromatic nitrogens is 2. The first-order chi connectivity index (χ1) is 12.5. The molecule has 140 valence electrons. The number of halogens is 1. The van der Waals surface area contributed by atoms with E-state index in [4.69, 9.17) is 11.6 Å². The number of carbonyl (C=O) groups excluding carboxylic acids is 1. The molecule has 0 spiro atoms. The summed E-state index contributed by atoms with van der Waals surface area (Å²) >= 11 is 6.35. The molecular formula is C20H26ClN3O2. The third-order valence-corrected chi connectivity index (χ3v) is 6.54. The Morgan fingerprint density at radius 3 is 3.12 bits per heavy atom. The number of amides is 1. The molecule has 1 aliphatic carbocycles. The van der Waals surface area contributed by atoms with Gasteiger partial charge in [0.2, 0.25) is 5.91 Å². The molecule has 1 amide bonds. The van der Waals surface area contributed by atoms with Crippen LogP contribution in [0, 0.1) is 0 Å². The van der Waals surface area contributed by atoms with E-state index in [-0.39, 0.29) is 17.9 Å². The van der Waals surface area contributed by atoms with Crippen molar-refractivity contribution in [2.45, 2.75) is 69.4 Å². The quantitative estimate of drug-likeness (QED) is 0.851. The SMILES string of the molecule is CC(CC(=O)N1CCCC2(O)CCCCC12)c1c[nH]c2nccc(Cl)c12. The second-order valence-electron chi connectivity index (χ2n) is 7.92. The highest BCUT2D eigenvalue weighted by Gasteiger charge is 2.46. The first-order valence-corrected chi connectivity index (χ1v) is 10.0. The smallest absolute Gasteiger partial charge is 0.223 e. The number of H-pyrrole nitrogens is 1. The third kappa shape index (κ3) is 3.01. The molecule has 0 bridgehead atoms. The van der Waals surface area contributed by atoms with Crippen molar-refractivity contribution in [3.05, 3.63) is 29.0 Å². The van der Waals surface area contributed by atoms with Crippen molar-refractivity contribution < 1.29 is 9.90 Å². The molecule has 0 aromatic carbocycles. The van der Waals surface area contributed by atoms with E-state index in [2.05, 4.69) is 16.9 Å². The van der Waals surface area contributed by atoms with Gasteiger partial charge in [0.1, 0.15) is 5.65 Å². The van der Waals surface area contributed by atoms with Crippen LogP contribution in [0.5, 0.6) is 0 Å². The molecule has 2 aromatic rings. The van der Waals surface area contributed by atoms with Crippen molar-refractivity contribution in [1.82, 2.24) is 14.9 Å². The number of pyridine rings is 1. The maximum absolute atomic E-state index is 13.1. The van der Waals surface area contributed by atoms with E-state index in [1.807, 2.05) is 11.1 Å². The topological polar surface area (TPSA) is 69.2 Å². The zero-order valence-corrected chi connectivity index (χ0v) is 15.9. The van der Waals surface area contributed by atoms with Crippen molar-refractivity contribution in [1.29, 1.82) is 0 Å². The van der Waals surface area contributed by atoms with E-state index in [0.717, 1.165) is 61.7 Å². The van der Waals surface area contributed by atoms with Crippen LogP contribution in [-0.4, -0.2) is 44.1 Å². The number of hydrogen-bond acceptors (Lipinski definition) is 3. The number of nitrogens with one attached hydrogen (secondary N) is 1. The van der Waals surface area contributed by atoms with Crippen LogP contribution in [-0.2, 0) is 4.79 Å². The highest BCUT2D eigenvalue weighted by atomic mass is 35.5. The molecule has 2 fully saturated rings. The van der Waals surface area contributed by atoms with Crippen LogP contribution in [0.3, 0.4) is 0 Å². The van der Waals surface area contributed by atoms with Crippen LogP contribution < -0.4 is 0 Å². The van der Waals surface area contributed by atoms with Gasteiger partial charge in [0.15, 0.2) is 0 Å². The second-order valence-corrected chi connectivity index (χ2v) is 8.33. The van der Waals surface area contributed by atoms with Gasteiger partial charge in [0, 0.05) is 30.7 Å². The lowest BCUT2D eigenvalue weighted by atomic mass is 9.74. The van der Waals surface area contributed by atoms with Crippen LogP contribution in [0.4, 0.5) is 0 Å². The Hall–Kier alpha value is -1.59. The molecule has 2 aliphatic rings. The van der Waals surface area contributed by atoms with E-state index in [0.29, 0.717) is 11.4 Å². The fourth-order valence-electron chi connectivity index (χ4n) is 4.87. The molecule has 1 saturated carbocycles. The van der Waals surface area contributed by atoms with E-state index >= 15 is 0 Å². The van der Waals surface area contributed by atoms with Crippen molar-refractivity contribution in [3.8, 4) is 0 Å². The summed E-state index contributed by atoms with van der Waals surface area (Å²) in [5.41, 5.74) is 1.11. The zero-order chi connectivity index (χ0) is 18.3. The van der Waals surface area contributed by atoms with Gasteiger partial charge < -0.3 is 15.0 Å². The normalized spacial score (nSPS) is 27.3. The van der Waals surface area contributed by atoms with Crippen LogP contribution >= 0.6 is 11.6 Å². The number of nitrogens with zero attached hydrogens (tertiary/aromatic N) is 2. The molecule has 3 heterocycles. The van der Waals surface area contributed by atoms with Crippen LogP contribution in [0.15, 0.2) is 18.5 Å². The molecule has 1 saturated heterocycles. The summed E-state index contributed by atoms with van der Waals surface area (Å²) in [5.74, 6) is 0.174. The summed E-state index contributed by atoms with van der Waals surface area (Å²) in [6.45, 7) is 2.82. The Bertz CT molecular complexity index is 816. The van der Waals surface area contributed by atoms with Crippen LogP contribution in [0.25, 0.3) is 11.0 Å². The lowest BCUT2D eigenvalue weighted by molar-refractivity contribution is -0.152. The molecule has 4 rings (SSSR count). The Kier molecular flexibility index (Phi) is 4.70. The average Bonchev–Trinajstić information content (AvgIpc) is 3.06. The summed E-state index contributed by atoms with van der Waals surface area (Å²) in [6.07, 6.45) is 9.61. The van der Waals surface area contributed by atoms with E-state index in [1.165, 1.54) is 0 Å². The minimum atomic E-state index is -0.677. The number of rotatable bonds is 3. The summed E-state index contributed by atoms with van der Waals surface area (Å²) in [6, 6.07) is 1.76. The molecule has 26 heavy (non-hydrogen) atoms. The lowest BCUT2D eigenvalue weighted by Gasteiger charge is -2.50. The highest BCUT2D eigenvalue weighted by molar-refractivity contribution is 6.35. The molecule has 3 unspecified atom stereocenters. The van der Waals surface area contributed by atoms with Crippen LogP contribution in [0.1, 0.15) is 63.4 Å². The summed E-state index contributed by atoms with van der Waals surface area (Å²) < 4.78 is 0. The summed E-state index contributed by atoms with van der Waals surface area (Å²) in [5, 5.41) is 12.5. The molecule has 1 aliphatic heterocycles. The standard InChI is InChI=1S/C20H26ClN3O2/c1-13(14-12-23-19-18(14)15(21)6-9-22-19)11-17(25)24-10-4-8-20(26)7-3-2-5-16(20)24/h6,9,12-13,16,26H,2-5,7-8,10-11H2,1H3,(H,22,23). The van der Waals surface area contributed by atoms with Gasteiger partial charge in [-0.05, 0) is 43.2 Å². The zero-order valence-electron chi connectivity index (χ0n) is 15.2. The first kappa shape index (κ1) is 17.8. The summed E-state index contributed by atoms with van der Waals surface area (Å²) in [4.78, 5) is 22.5. The lowest BCUT2D eigenvalue weighted by Crippen LogP contribution is -2.60. The fourth-order valence-corrected chi connectivity index (χ4v) is 5.12. The molecule has 6 heteroatoms. The number of fused-ring (bicyclic) bond motifs is 2. The van der Waals surface area contributed by atoms with E-state index < -0.39 is 5.60 Å². The Labute approximate surface area is 158 Å². The monoisotopic (exact) mass is 375 g/mol.